The molecule has 1 aliphatic carbocycles. The number of sulfonamides is 1. The molecule has 0 aromatic heterocycles. The largest absolute Gasteiger partial charge is 0.623 e. The fraction of sp³-hybridized carbons (Fsp3) is 0.409. The van der Waals surface area contributed by atoms with E-state index in [1.54, 1.807) is 24.3 Å². The fourth-order valence-electron chi connectivity index (χ4n) is 3.86. The molecule has 2 atom stereocenters. The second-order valence-electron chi connectivity index (χ2n) is 7.62. The molecule has 28 heavy (non-hydrogen) atoms. The summed E-state index contributed by atoms with van der Waals surface area (Å²) in [5.41, 5.74) is 3.57. The Morgan fingerprint density at radius 1 is 1.04 bits per heavy atom. The van der Waals surface area contributed by atoms with Gasteiger partial charge in [-0.1, -0.05) is 42.3 Å². The Morgan fingerprint density at radius 3 is 2.36 bits per heavy atom. The molecule has 6 heteroatoms. The number of hydrogen-bond donors (Lipinski definition) is 1. The van der Waals surface area contributed by atoms with Gasteiger partial charge in [-0.15, -0.1) is 0 Å². The van der Waals surface area contributed by atoms with Gasteiger partial charge in [-0.2, -0.15) is 0 Å². The first kappa shape index (κ1) is 20.6. The summed E-state index contributed by atoms with van der Waals surface area (Å²) < 4.78 is 29.5. The maximum Gasteiger partial charge on any atom is 0.241 e. The number of nitrogens with zero attached hydrogens (tertiary/aromatic N) is 1. The van der Waals surface area contributed by atoms with Crippen LogP contribution in [0.1, 0.15) is 49.3 Å². The molecule has 1 fully saturated rings. The van der Waals surface area contributed by atoms with E-state index in [2.05, 4.69) is 4.72 Å². The Morgan fingerprint density at radius 2 is 1.68 bits per heavy atom. The summed E-state index contributed by atoms with van der Waals surface area (Å²) in [5.74, 6) is 0. The predicted octanol–water partition coefficient (Wildman–Crippen LogP) is 3.91. The molecule has 1 aliphatic rings. The lowest BCUT2D eigenvalue weighted by molar-refractivity contribution is -0.509. The number of aryl methyl sites for hydroxylation is 2. The van der Waals surface area contributed by atoms with Gasteiger partial charge in [0.25, 0.3) is 0 Å². The van der Waals surface area contributed by atoms with Crippen molar-refractivity contribution in [3.05, 3.63) is 70.4 Å². The van der Waals surface area contributed by atoms with Gasteiger partial charge in [0.15, 0.2) is 11.8 Å². The van der Waals surface area contributed by atoms with Crippen molar-refractivity contribution in [2.45, 2.75) is 63.4 Å². The van der Waals surface area contributed by atoms with E-state index in [0.717, 1.165) is 34.3 Å². The van der Waals surface area contributed by atoms with E-state index in [0.29, 0.717) is 18.6 Å². The standard InChI is InChI=1S/C22H28N2O3S/c1-16-12-14-19(15-13-16)28(26,27)23-21-10-6-7-11-22(21)24(25)18(3)20-9-5-4-8-17(20)2/h4-5,8-9,12-15,21-23H,6-7,10-11H2,1-3H3/b24-18-/t21-,22-/m1/s1. The van der Waals surface area contributed by atoms with Gasteiger partial charge in [-0.3, -0.25) is 0 Å². The van der Waals surface area contributed by atoms with Crippen molar-refractivity contribution in [3.63, 3.8) is 0 Å². The zero-order chi connectivity index (χ0) is 20.3. The van der Waals surface area contributed by atoms with Crippen molar-refractivity contribution in [1.82, 2.24) is 4.72 Å². The van der Waals surface area contributed by atoms with Crippen LogP contribution in [0.5, 0.6) is 0 Å². The molecule has 1 saturated carbocycles. The Kier molecular flexibility index (Phi) is 6.20. The van der Waals surface area contributed by atoms with Crippen LogP contribution in [0.2, 0.25) is 0 Å². The van der Waals surface area contributed by atoms with E-state index in [1.165, 1.54) is 0 Å². The van der Waals surface area contributed by atoms with Crippen LogP contribution in [0.25, 0.3) is 0 Å². The highest BCUT2D eigenvalue weighted by atomic mass is 32.2. The SMILES string of the molecule is C/C(c1ccccc1C)=[N+](/[O-])[C@@H]1CCCC[C@H]1NS(=O)(=O)c1ccc(C)cc1. The lowest BCUT2D eigenvalue weighted by Gasteiger charge is -2.31. The molecule has 0 unspecified atom stereocenters. The Balaban J connectivity index is 1.89. The Hall–Kier alpha value is -2.18. The lowest BCUT2D eigenvalue weighted by atomic mass is 9.91. The van der Waals surface area contributed by atoms with Crippen molar-refractivity contribution >= 4 is 15.7 Å². The van der Waals surface area contributed by atoms with Crippen LogP contribution >= 0.6 is 0 Å². The summed E-state index contributed by atoms with van der Waals surface area (Å²) in [5, 5.41) is 13.2. The average molecular weight is 401 g/mol. The number of nitrogens with one attached hydrogen (secondary N) is 1. The molecule has 0 spiro atoms. The third-order valence-corrected chi connectivity index (χ3v) is 7.04. The van der Waals surface area contributed by atoms with Crippen LogP contribution < -0.4 is 4.72 Å². The van der Waals surface area contributed by atoms with Crippen molar-refractivity contribution in [2.24, 2.45) is 0 Å². The summed E-state index contributed by atoms with van der Waals surface area (Å²) in [6, 6.07) is 13.7. The minimum Gasteiger partial charge on any atom is -0.623 e. The number of hydroxylamine groups is 1. The van der Waals surface area contributed by atoms with Crippen molar-refractivity contribution in [2.75, 3.05) is 0 Å². The second-order valence-corrected chi connectivity index (χ2v) is 9.33. The third-order valence-electron chi connectivity index (χ3n) is 5.53. The number of hydrogen-bond acceptors (Lipinski definition) is 3. The first-order valence-corrected chi connectivity index (χ1v) is 11.2. The van der Waals surface area contributed by atoms with Gasteiger partial charge in [0.2, 0.25) is 10.0 Å². The summed E-state index contributed by atoms with van der Waals surface area (Å²) in [4.78, 5) is 0.236. The molecule has 150 valence electrons. The van der Waals surface area contributed by atoms with Gasteiger partial charge in [0.05, 0.1) is 10.9 Å². The highest BCUT2D eigenvalue weighted by Gasteiger charge is 2.35. The minimum atomic E-state index is -3.67. The molecule has 5 nitrogen and oxygen atoms in total. The third kappa shape index (κ3) is 4.45. The molecule has 0 aliphatic heterocycles. The van der Waals surface area contributed by atoms with E-state index in [4.69, 9.17) is 0 Å². The van der Waals surface area contributed by atoms with Gasteiger partial charge in [0, 0.05) is 18.9 Å². The summed E-state index contributed by atoms with van der Waals surface area (Å²) in [6.45, 7) is 5.71. The van der Waals surface area contributed by atoms with Crippen molar-refractivity contribution in [1.29, 1.82) is 0 Å². The quantitative estimate of drug-likeness (QED) is 0.358. The zero-order valence-corrected chi connectivity index (χ0v) is 17.5. The maximum absolute atomic E-state index is 13.2. The Bertz CT molecular complexity index is 966. The van der Waals surface area contributed by atoms with Crippen molar-refractivity contribution in [3.8, 4) is 0 Å². The van der Waals surface area contributed by atoms with Crippen LogP contribution in [0, 0.1) is 19.1 Å². The summed E-state index contributed by atoms with van der Waals surface area (Å²) in [6.07, 6.45) is 3.17. The fourth-order valence-corrected chi connectivity index (χ4v) is 5.16. The molecule has 2 aromatic carbocycles. The van der Waals surface area contributed by atoms with Gasteiger partial charge in [0.1, 0.15) is 0 Å². The second kappa shape index (κ2) is 8.45. The topological polar surface area (TPSA) is 72.2 Å². The number of benzene rings is 2. The van der Waals surface area contributed by atoms with Gasteiger partial charge < -0.3 is 5.21 Å². The molecular weight excluding hydrogens is 372 g/mol. The molecule has 3 rings (SSSR count). The molecule has 0 amide bonds. The molecular formula is C22H28N2O3S. The summed E-state index contributed by atoms with van der Waals surface area (Å²) in [7, 11) is -3.67. The average Bonchev–Trinajstić information content (AvgIpc) is 2.68. The molecule has 0 saturated heterocycles. The van der Waals surface area contributed by atoms with E-state index in [9.17, 15) is 13.6 Å². The van der Waals surface area contributed by atoms with Crippen LogP contribution in [0.3, 0.4) is 0 Å². The monoisotopic (exact) mass is 400 g/mol. The van der Waals surface area contributed by atoms with Crippen LogP contribution in [-0.2, 0) is 10.0 Å². The highest BCUT2D eigenvalue weighted by Crippen LogP contribution is 2.24. The number of rotatable bonds is 5. The molecule has 2 aromatic rings. The van der Waals surface area contributed by atoms with Crippen LogP contribution in [0.4, 0.5) is 0 Å². The first-order chi connectivity index (χ1) is 13.3. The smallest absolute Gasteiger partial charge is 0.241 e. The molecule has 1 N–H and O–H groups in total. The molecule has 0 bridgehead atoms. The van der Waals surface area contributed by atoms with Gasteiger partial charge in [-0.05, 0) is 50.5 Å². The van der Waals surface area contributed by atoms with Crippen molar-refractivity contribution < 1.29 is 13.2 Å². The lowest BCUT2D eigenvalue weighted by Crippen LogP contribution is -2.50. The first-order valence-electron chi connectivity index (χ1n) is 9.74. The normalized spacial score (nSPS) is 21.2. The zero-order valence-electron chi connectivity index (χ0n) is 16.7. The highest BCUT2D eigenvalue weighted by molar-refractivity contribution is 7.89. The van der Waals surface area contributed by atoms with Crippen LogP contribution in [-0.4, -0.2) is 31.0 Å². The predicted molar refractivity (Wildman–Crippen MR) is 112 cm³/mol. The Labute approximate surface area is 167 Å². The van der Waals surface area contributed by atoms with Gasteiger partial charge in [-0.25, -0.2) is 17.9 Å². The molecule has 0 radical (unpaired) electrons. The molecule has 0 heterocycles. The van der Waals surface area contributed by atoms with Gasteiger partial charge >= 0.3 is 0 Å². The van der Waals surface area contributed by atoms with Crippen LogP contribution in [0.15, 0.2) is 53.4 Å². The van der Waals surface area contributed by atoms with E-state index in [1.807, 2.05) is 45.0 Å². The van der Waals surface area contributed by atoms with E-state index in [-0.39, 0.29) is 4.90 Å². The van der Waals surface area contributed by atoms with E-state index >= 15 is 0 Å². The van der Waals surface area contributed by atoms with E-state index < -0.39 is 22.1 Å². The summed E-state index contributed by atoms with van der Waals surface area (Å²) >= 11 is 0. The minimum absolute atomic E-state index is 0.236. The maximum atomic E-state index is 13.2.